The van der Waals surface area contributed by atoms with Crippen LogP contribution in [0.2, 0.25) is 0 Å². The lowest BCUT2D eigenvalue weighted by Gasteiger charge is -2.09. The van der Waals surface area contributed by atoms with Crippen LogP contribution in [0.15, 0.2) is 42.5 Å². The van der Waals surface area contributed by atoms with Gasteiger partial charge in [0.15, 0.2) is 0 Å². The summed E-state index contributed by atoms with van der Waals surface area (Å²) in [6.45, 7) is 2.03. The molecule has 2 aromatic carbocycles. The van der Waals surface area contributed by atoms with Crippen molar-refractivity contribution in [2.24, 2.45) is 0 Å². The Labute approximate surface area is 122 Å². The van der Waals surface area contributed by atoms with Gasteiger partial charge in [-0.25, -0.2) is 9.18 Å². The first-order valence-corrected chi connectivity index (χ1v) is 6.52. The molecule has 0 fully saturated rings. The topological polar surface area (TPSA) is 50.4 Å². The maximum Gasteiger partial charge on any atom is 0.319 e. The van der Waals surface area contributed by atoms with Gasteiger partial charge >= 0.3 is 6.03 Å². The molecule has 0 spiro atoms. The molecule has 0 saturated carbocycles. The van der Waals surface area contributed by atoms with E-state index in [1.807, 2.05) is 24.3 Å². The molecular formula is C16H17FN2O2. The standard InChI is InChI=1S/C16H17FN2O2/c1-11-6-7-13(9-15(11)17)19-16(20)18-10-12-4-3-5-14(8-12)21-2/h3-9H,10H2,1-2H3,(H2,18,19,20). The molecule has 0 aliphatic carbocycles. The molecule has 0 heterocycles. The molecule has 21 heavy (non-hydrogen) atoms. The average molecular weight is 288 g/mol. The van der Waals surface area contributed by atoms with E-state index in [1.54, 1.807) is 26.2 Å². The first-order valence-electron chi connectivity index (χ1n) is 6.52. The number of benzene rings is 2. The SMILES string of the molecule is COc1cccc(CNC(=O)Nc2ccc(C)c(F)c2)c1. The van der Waals surface area contributed by atoms with Crippen LogP contribution >= 0.6 is 0 Å². The fourth-order valence-corrected chi connectivity index (χ4v) is 1.81. The molecule has 0 saturated heterocycles. The Morgan fingerprint density at radius 2 is 2.05 bits per heavy atom. The smallest absolute Gasteiger partial charge is 0.319 e. The van der Waals surface area contributed by atoms with Crippen molar-refractivity contribution < 1.29 is 13.9 Å². The maximum absolute atomic E-state index is 13.4. The number of hydrogen-bond acceptors (Lipinski definition) is 2. The Morgan fingerprint density at radius 1 is 1.24 bits per heavy atom. The predicted molar refractivity (Wildman–Crippen MR) is 80.0 cm³/mol. The predicted octanol–water partition coefficient (Wildman–Crippen LogP) is 3.46. The normalized spacial score (nSPS) is 10.0. The lowest BCUT2D eigenvalue weighted by molar-refractivity contribution is 0.251. The van der Waals surface area contributed by atoms with Crippen molar-refractivity contribution in [1.29, 1.82) is 0 Å². The minimum atomic E-state index is -0.388. The van der Waals surface area contributed by atoms with Crippen molar-refractivity contribution in [3.63, 3.8) is 0 Å². The monoisotopic (exact) mass is 288 g/mol. The minimum Gasteiger partial charge on any atom is -0.497 e. The van der Waals surface area contributed by atoms with E-state index in [2.05, 4.69) is 10.6 Å². The molecule has 0 unspecified atom stereocenters. The van der Waals surface area contributed by atoms with Gasteiger partial charge in [-0.1, -0.05) is 18.2 Å². The number of carbonyl (C=O) groups is 1. The molecule has 4 nitrogen and oxygen atoms in total. The largest absolute Gasteiger partial charge is 0.497 e. The Morgan fingerprint density at radius 3 is 2.76 bits per heavy atom. The summed E-state index contributed by atoms with van der Waals surface area (Å²) in [6, 6.07) is 11.6. The fourth-order valence-electron chi connectivity index (χ4n) is 1.81. The van der Waals surface area contributed by atoms with Crippen molar-refractivity contribution in [2.75, 3.05) is 12.4 Å². The van der Waals surface area contributed by atoms with E-state index in [-0.39, 0.29) is 11.8 Å². The highest BCUT2D eigenvalue weighted by molar-refractivity contribution is 5.89. The number of halogens is 1. The molecule has 0 aromatic heterocycles. The third kappa shape index (κ3) is 4.21. The highest BCUT2D eigenvalue weighted by atomic mass is 19.1. The van der Waals surface area contributed by atoms with E-state index in [0.29, 0.717) is 17.8 Å². The van der Waals surface area contributed by atoms with Gasteiger partial charge in [-0.15, -0.1) is 0 Å². The quantitative estimate of drug-likeness (QED) is 0.905. The van der Waals surface area contributed by atoms with Crippen LogP contribution in [0, 0.1) is 12.7 Å². The number of methoxy groups -OCH3 is 1. The van der Waals surface area contributed by atoms with Crippen LogP contribution in [0.1, 0.15) is 11.1 Å². The van der Waals surface area contributed by atoms with Gasteiger partial charge in [0.25, 0.3) is 0 Å². The van der Waals surface area contributed by atoms with Crippen LogP contribution in [0.25, 0.3) is 0 Å². The summed E-state index contributed by atoms with van der Waals surface area (Å²) < 4.78 is 18.5. The Bertz CT molecular complexity index is 644. The Kier molecular flexibility index (Phi) is 4.77. The van der Waals surface area contributed by atoms with Gasteiger partial charge in [0.2, 0.25) is 0 Å². The second-order valence-corrected chi connectivity index (χ2v) is 4.62. The average Bonchev–Trinajstić information content (AvgIpc) is 2.49. The zero-order valence-electron chi connectivity index (χ0n) is 11.9. The molecule has 2 rings (SSSR count). The van der Waals surface area contributed by atoms with E-state index < -0.39 is 0 Å². The highest BCUT2D eigenvalue weighted by Gasteiger charge is 2.04. The van der Waals surface area contributed by atoms with Gasteiger partial charge in [-0.2, -0.15) is 0 Å². The summed E-state index contributed by atoms with van der Waals surface area (Å²) in [5.41, 5.74) is 1.87. The Balaban J connectivity index is 1.91. The molecule has 110 valence electrons. The summed E-state index contributed by atoms with van der Waals surface area (Å²) >= 11 is 0. The van der Waals surface area contributed by atoms with Crippen LogP contribution in [0.5, 0.6) is 5.75 Å². The number of amides is 2. The van der Waals surface area contributed by atoms with Crippen molar-refractivity contribution in [3.05, 3.63) is 59.4 Å². The molecule has 0 aliphatic rings. The number of hydrogen-bond donors (Lipinski definition) is 2. The molecular weight excluding hydrogens is 271 g/mol. The molecule has 0 bridgehead atoms. The van der Waals surface area contributed by atoms with Crippen LogP contribution in [0.4, 0.5) is 14.9 Å². The van der Waals surface area contributed by atoms with Gasteiger partial charge in [0, 0.05) is 12.2 Å². The van der Waals surface area contributed by atoms with Gasteiger partial charge in [0.05, 0.1) is 7.11 Å². The fraction of sp³-hybridized carbons (Fsp3) is 0.188. The second kappa shape index (κ2) is 6.74. The van der Waals surface area contributed by atoms with Crippen molar-refractivity contribution >= 4 is 11.7 Å². The van der Waals surface area contributed by atoms with Crippen molar-refractivity contribution in [3.8, 4) is 5.75 Å². The first kappa shape index (κ1) is 14.8. The Hall–Kier alpha value is -2.56. The van der Waals surface area contributed by atoms with Crippen molar-refractivity contribution in [1.82, 2.24) is 5.32 Å². The molecule has 0 atom stereocenters. The van der Waals surface area contributed by atoms with E-state index in [9.17, 15) is 9.18 Å². The number of carbonyl (C=O) groups excluding carboxylic acids is 1. The third-order valence-electron chi connectivity index (χ3n) is 3.02. The van der Waals surface area contributed by atoms with Gasteiger partial charge in [-0.3, -0.25) is 0 Å². The minimum absolute atomic E-state index is 0.347. The van der Waals surface area contributed by atoms with E-state index in [4.69, 9.17) is 4.74 Å². The van der Waals surface area contributed by atoms with Gasteiger partial charge < -0.3 is 15.4 Å². The lowest BCUT2D eigenvalue weighted by Crippen LogP contribution is -2.28. The maximum atomic E-state index is 13.4. The second-order valence-electron chi connectivity index (χ2n) is 4.62. The van der Waals surface area contributed by atoms with E-state index in [0.717, 1.165) is 11.3 Å². The summed E-state index contributed by atoms with van der Waals surface area (Å²) in [6.07, 6.45) is 0. The molecule has 0 radical (unpaired) electrons. The highest BCUT2D eigenvalue weighted by Crippen LogP contribution is 2.14. The number of ether oxygens (including phenoxy) is 1. The number of rotatable bonds is 4. The van der Waals surface area contributed by atoms with E-state index >= 15 is 0 Å². The summed E-state index contributed by atoms with van der Waals surface area (Å²) in [4.78, 5) is 11.8. The van der Waals surface area contributed by atoms with Crippen LogP contribution in [-0.4, -0.2) is 13.1 Å². The molecule has 2 amide bonds. The van der Waals surface area contributed by atoms with Crippen molar-refractivity contribution in [2.45, 2.75) is 13.5 Å². The number of aryl methyl sites for hydroxylation is 1. The molecule has 5 heteroatoms. The zero-order valence-corrected chi connectivity index (χ0v) is 11.9. The first-order chi connectivity index (χ1) is 10.1. The van der Waals surface area contributed by atoms with Gasteiger partial charge in [-0.05, 0) is 42.3 Å². The number of nitrogens with one attached hydrogen (secondary N) is 2. The summed E-state index contributed by atoms with van der Waals surface area (Å²) in [5.74, 6) is 0.385. The third-order valence-corrected chi connectivity index (χ3v) is 3.02. The number of anilines is 1. The molecule has 2 aromatic rings. The molecule has 2 N–H and O–H groups in total. The van der Waals surface area contributed by atoms with Crippen LogP contribution in [0.3, 0.4) is 0 Å². The lowest BCUT2D eigenvalue weighted by atomic mass is 10.2. The summed E-state index contributed by atoms with van der Waals surface area (Å²) in [5, 5.41) is 5.29. The summed E-state index contributed by atoms with van der Waals surface area (Å²) in [7, 11) is 1.59. The number of urea groups is 1. The van der Waals surface area contributed by atoms with Crippen LogP contribution < -0.4 is 15.4 Å². The van der Waals surface area contributed by atoms with E-state index in [1.165, 1.54) is 6.07 Å². The molecule has 0 aliphatic heterocycles. The van der Waals surface area contributed by atoms with Crippen LogP contribution in [-0.2, 0) is 6.54 Å². The zero-order chi connectivity index (χ0) is 15.2. The van der Waals surface area contributed by atoms with Gasteiger partial charge in [0.1, 0.15) is 11.6 Å².